The van der Waals surface area contributed by atoms with Crippen LogP contribution in [0.25, 0.3) is 0 Å². The number of amidine groups is 1. The smallest absolute Gasteiger partial charge is 0.242 e. The number of ether oxygens (including phenoxy) is 1. The van der Waals surface area contributed by atoms with E-state index in [-0.39, 0.29) is 17.3 Å². The van der Waals surface area contributed by atoms with Gasteiger partial charge in [-0.1, -0.05) is 12.1 Å². The van der Waals surface area contributed by atoms with Crippen molar-refractivity contribution in [2.75, 3.05) is 20.7 Å². The molecule has 0 aliphatic heterocycles. The number of nitrogens with two attached hydrogens (primary N) is 1. The average Bonchev–Trinajstić information content (AvgIpc) is 2.46. The number of hydrogen-bond donors (Lipinski definition) is 2. The number of methoxy groups -OCH3 is 1. The molecule has 0 saturated heterocycles. The van der Waals surface area contributed by atoms with Gasteiger partial charge in [0, 0.05) is 19.5 Å². The molecule has 1 rings (SSSR count). The summed E-state index contributed by atoms with van der Waals surface area (Å²) in [4.78, 5) is 0.160. The molecule has 3 N–H and O–H groups in total. The third-order valence-electron chi connectivity index (χ3n) is 2.92. The van der Waals surface area contributed by atoms with E-state index in [2.05, 4.69) is 5.16 Å². The second kappa shape index (κ2) is 6.58. The number of rotatable bonds is 6. The molecule has 0 fully saturated rings. The molecule has 7 nitrogen and oxygen atoms in total. The molecule has 1 aromatic carbocycles. The predicted molar refractivity (Wildman–Crippen MR) is 75.4 cm³/mol. The van der Waals surface area contributed by atoms with Crippen LogP contribution in [0, 0.1) is 5.92 Å². The van der Waals surface area contributed by atoms with Crippen molar-refractivity contribution in [1.82, 2.24) is 4.31 Å². The van der Waals surface area contributed by atoms with Gasteiger partial charge in [-0.25, -0.2) is 12.7 Å². The van der Waals surface area contributed by atoms with Crippen molar-refractivity contribution in [2.24, 2.45) is 16.8 Å². The maximum Gasteiger partial charge on any atom is 0.242 e. The summed E-state index contributed by atoms with van der Waals surface area (Å²) in [5.41, 5.74) is 5.45. The van der Waals surface area contributed by atoms with Crippen LogP contribution in [0.4, 0.5) is 0 Å². The Bertz CT molecular complexity index is 569. The molecule has 0 aliphatic rings. The summed E-state index contributed by atoms with van der Waals surface area (Å²) < 4.78 is 30.8. The molecule has 0 bridgehead atoms. The molecule has 0 spiro atoms. The summed E-state index contributed by atoms with van der Waals surface area (Å²) in [6.07, 6.45) is 0. The molecular formula is C12H19N3O4S. The van der Waals surface area contributed by atoms with E-state index in [1.165, 1.54) is 26.3 Å². The summed E-state index contributed by atoms with van der Waals surface area (Å²) in [6, 6.07) is 6.10. The molecule has 0 aromatic heterocycles. The third kappa shape index (κ3) is 3.61. The molecule has 0 amide bonds. The van der Waals surface area contributed by atoms with Gasteiger partial charge in [0.2, 0.25) is 10.0 Å². The Morgan fingerprint density at radius 3 is 2.45 bits per heavy atom. The van der Waals surface area contributed by atoms with Gasteiger partial charge in [0.1, 0.15) is 11.6 Å². The molecule has 0 aliphatic carbocycles. The minimum Gasteiger partial charge on any atom is -0.497 e. The van der Waals surface area contributed by atoms with Gasteiger partial charge in [0.15, 0.2) is 0 Å². The Labute approximate surface area is 118 Å². The zero-order valence-electron chi connectivity index (χ0n) is 11.6. The van der Waals surface area contributed by atoms with E-state index in [9.17, 15) is 8.42 Å². The number of nitrogens with zero attached hydrogens (tertiary/aromatic N) is 2. The van der Waals surface area contributed by atoms with E-state index in [0.717, 1.165) is 4.31 Å². The first-order valence-corrected chi connectivity index (χ1v) is 7.34. The second-order valence-electron chi connectivity index (χ2n) is 4.39. The van der Waals surface area contributed by atoms with Gasteiger partial charge in [-0.3, -0.25) is 0 Å². The second-order valence-corrected chi connectivity index (χ2v) is 6.43. The van der Waals surface area contributed by atoms with Crippen LogP contribution in [0.1, 0.15) is 6.92 Å². The molecule has 1 unspecified atom stereocenters. The molecule has 1 aromatic rings. The lowest BCUT2D eigenvalue weighted by Crippen LogP contribution is -2.36. The summed E-state index contributed by atoms with van der Waals surface area (Å²) in [5, 5.41) is 11.5. The van der Waals surface area contributed by atoms with Crippen LogP contribution in [0.5, 0.6) is 5.75 Å². The lowest BCUT2D eigenvalue weighted by atomic mass is 10.2. The quantitative estimate of drug-likeness (QED) is 0.348. The fourth-order valence-electron chi connectivity index (χ4n) is 1.60. The molecule has 112 valence electrons. The first-order valence-electron chi connectivity index (χ1n) is 5.90. The van der Waals surface area contributed by atoms with Crippen LogP contribution in [-0.4, -0.2) is 44.5 Å². The third-order valence-corrected chi connectivity index (χ3v) is 4.76. The van der Waals surface area contributed by atoms with Gasteiger partial charge in [0.25, 0.3) is 0 Å². The van der Waals surface area contributed by atoms with Crippen molar-refractivity contribution in [2.45, 2.75) is 11.8 Å². The minimum absolute atomic E-state index is 0.0122. The van der Waals surface area contributed by atoms with Crippen LogP contribution in [0.3, 0.4) is 0 Å². The molecule has 0 saturated carbocycles. The zero-order chi connectivity index (χ0) is 15.3. The lowest BCUT2D eigenvalue weighted by Gasteiger charge is -2.20. The van der Waals surface area contributed by atoms with Crippen LogP contribution in [-0.2, 0) is 10.0 Å². The molecule has 1 atom stereocenters. The van der Waals surface area contributed by atoms with E-state index in [0.29, 0.717) is 5.75 Å². The van der Waals surface area contributed by atoms with E-state index >= 15 is 0 Å². The van der Waals surface area contributed by atoms with Gasteiger partial charge < -0.3 is 15.7 Å². The first kappa shape index (κ1) is 16.3. The number of sulfonamides is 1. The molecule has 8 heteroatoms. The Balaban J connectivity index is 2.91. The minimum atomic E-state index is -3.62. The number of benzene rings is 1. The van der Waals surface area contributed by atoms with Crippen molar-refractivity contribution in [3.63, 3.8) is 0 Å². The number of hydrogen-bond acceptors (Lipinski definition) is 5. The standard InChI is InChI=1S/C12H19N3O4S/c1-9(12(13)14-16)8-15(2)20(17,18)11-6-4-10(19-3)5-7-11/h4-7,9,16H,8H2,1-3H3,(H2,13,14). The maximum absolute atomic E-state index is 12.3. The normalized spacial score (nSPS) is 14.3. The van der Waals surface area contributed by atoms with Crippen molar-refractivity contribution >= 4 is 15.9 Å². The highest BCUT2D eigenvalue weighted by Crippen LogP contribution is 2.19. The highest BCUT2D eigenvalue weighted by Gasteiger charge is 2.23. The lowest BCUT2D eigenvalue weighted by molar-refractivity contribution is 0.312. The van der Waals surface area contributed by atoms with Gasteiger partial charge in [-0.2, -0.15) is 0 Å². The van der Waals surface area contributed by atoms with E-state index in [1.54, 1.807) is 19.1 Å². The van der Waals surface area contributed by atoms with Crippen LogP contribution in [0.15, 0.2) is 34.3 Å². The van der Waals surface area contributed by atoms with Gasteiger partial charge >= 0.3 is 0 Å². The molecule has 0 heterocycles. The topological polar surface area (TPSA) is 105 Å². The van der Waals surface area contributed by atoms with Crippen LogP contribution >= 0.6 is 0 Å². The van der Waals surface area contributed by atoms with E-state index in [1.807, 2.05) is 0 Å². The van der Waals surface area contributed by atoms with Gasteiger partial charge in [-0.05, 0) is 24.3 Å². The Morgan fingerprint density at radius 1 is 1.45 bits per heavy atom. The highest BCUT2D eigenvalue weighted by atomic mass is 32.2. The fourth-order valence-corrected chi connectivity index (χ4v) is 2.86. The van der Waals surface area contributed by atoms with Gasteiger partial charge in [-0.15, -0.1) is 0 Å². The predicted octanol–water partition coefficient (Wildman–Crippen LogP) is 0.698. The van der Waals surface area contributed by atoms with E-state index in [4.69, 9.17) is 15.7 Å². The van der Waals surface area contributed by atoms with Gasteiger partial charge in [0.05, 0.1) is 12.0 Å². The van der Waals surface area contributed by atoms with E-state index < -0.39 is 15.9 Å². The Morgan fingerprint density at radius 2 is 2.00 bits per heavy atom. The molecule has 20 heavy (non-hydrogen) atoms. The fraction of sp³-hybridized carbons (Fsp3) is 0.417. The SMILES string of the molecule is COc1ccc(S(=O)(=O)N(C)CC(C)C(N)=NO)cc1. The maximum atomic E-state index is 12.3. The summed E-state index contributed by atoms with van der Waals surface area (Å²) in [6.45, 7) is 1.79. The molecular weight excluding hydrogens is 282 g/mol. The monoisotopic (exact) mass is 301 g/mol. The number of oxime groups is 1. The van der Waals surface area contributed by atoms with Crippen LogP contribution < -0.4 is 10.5 Å². The van der Waals surface area contributed by atoms with Crippen molar-refractivity contribution < 1.29 is 18.4 Å². The average molecular weight is 301 g/mol. The zero-order valence-corrected chi connectivity index (χ0v) is 12.5. The summed E-state index contributed by atoms with van der Waals surface area (Å²) in [5.74, 6) is 0.177. The summed E-state index contributed by atoms with van der Waals surface area (Å²) in [7, 11) is -0.662. The van der Waals surface area contributed by atoms with Crippen LogP contribution in [0.2, 0.25) is 0 Å². The first-order chi connectivity index (χ1) is 9.32. The van der Waals surface area contributed by atoms with Crippen molar-refractivity contribution in [3.8, 4) is 5.75 Å². The van der Waals surface area contributed by atoms with Crippen molar-refractivity contribution in [3.05, 3.63) is 24.3 Å². The highest BCUT2D eigenvalue weighted by molar-refractivity contribution is 7.89. The summed E-state index contributed by atoms with van der Waals surface area (Å²) >= 11 is 0. The largest absolute Gasteiger partial charge is 0.497 e. The van der Waals surface area contributed by atoms with Crippen molar-refractivity contribution in [1.29, 1.82) is 0 Å². The molecule has 0 radical (unpaired) electrons. The Kier molecular flexibility index (Phi) is 5.34. The Hall–Kier alpha value is -1.80.